The third-order valence-corrected chi connectivity index (χ3v) is 3.99. The van der Waals surface area contributed by atoms with Crippen LogP contribution in [0.2, 0.25) is 0 Å². The summed E-state index contributed by atoms with van der Waals surface area (Å²) in [4.78, 5) is 45.5. The summed E-state index contributed by atoms with van der Waals surface area (Å²) in [6.07, 6.45) is 0. The second-order valence-corrected chi connectivity index (χ2v) is 6.72. The number of nitro groups is 1. The number of nitrogens with one attached hydrogen (secondary N) is 2. The lowest BCUT2D eigenvalue weighted by molar-refractivity contribution is -0.385. The predicted octanol–water partition coefficient (Wildman–Crippen LogP) is 2.26. The molecule has 0 fully saturated rings. The molecule has 0 aliphatic carbocycles. The van der Waals surface area contributed by atoms with Gasteiger partial charge in [0.1, 0.15) is 6.61 Å². The standard InChI is InChI=1S/C20H22N4O6/c1-12(2)23-20(27)22-10-13-3-5-14(6-4-13)19(26)30-11-16-8-7-15(18(21)25)9-17(16)24(28)29/h3-9,12H,10-11H2,1-2H3,(H2,21,25)(H2,22,23,27). The second-order valence-electron chi connectivity index (χ2n) is 6.72. The highest BCUT2D eigenvalue weighted by molar-refractivity contribution is 5.93. The van der Waals surface area contributed by atoms with Crippen LogP contribution in [0.5, 0.6) is 0 Å². The van der Waals surface area contributed by atoms with Crippen LogP contribution in [0.4, 0.5) is 10.5 Å². The first-order valence-electron chi connectivity index (χ1n) is 9.05. The number of nitrogens with zero attached hydrogens (tertiary/aromatic N) is 1. The van der Waals surface area contributed by atoms with Gasteiger partial charge in [0.05, 0.1) is 16.1 Å². The zero-order valence-corrected chi connectivity index (χ0v) is 16.5. The lowest BCUT2D eigenvalue weighted by Gasteiger charge is -2.10. The number of urea groups is 1. The van der Waals surface area contributed by atoms with E-state index in [1.807, 2.05) is 13.8 Å². The van der Waals surface area contributed by atoms with Crippen LogP contribution < -0.4 is 16.4 Å². The van der Waals surface area contributed by atoms with E-state index < -0.39 is 16.8 Å². The van der Waals surface area contributed by atoms with Gasteiger partial charge in [-0.3, -0.25) is 14.9 Å². The van der Waals surface area contributed by atoms with E-state index in [1.54, 1.807) is 12.1 Å². The normalized spacial score (nSPS) is 10.4. The molecule has 2 aromatic rings. The summed E-state index contributed by atoms with van der Waals surface area (Å²) >= 11 is 0. The van der Waals surface area contributed by atoms with Crippen molar-refractivity contribution in [1.82, 2.24) is 10.6 Å². The molecule has 0 bridgehead atoms. The Bertz CT molecular complexity index is 956. The molecule has 2 rings (SSSR count). The summed E-state index contributed by atoms with van der Waals surface area (Å²) in [6, 6.07) is 9.81. The molecule has 10 nitrogen and oxygen atoms in total. The van der Waals surface area contributed by atoms with Gasteiger partial charge in [-0.25, -0.2) is 9.59 Å². The molecule has 0 saturated carbocycles. The summed E-state index contributed by atoms with van der Waals surface area (Å²) in [6.45, 7) is 3.64. The summed E-state index contributed by atoms with van der Waals surface area (Å²) < 4.78 is 5.15. The Balaban J connectivity index is 1.98. The first-order chi connectivity index (χ1) is 14.2. The van der Waals surface area contributed by atoms with Crippen molar-refractivity contribution >= 4 is 23.6 Å². The first kappa shape index (κ1) is 22.3. The van der Waals surface area contributed by atoms with Gasteiger partial charge in [0.25, 0.3) is 5.69 Å². The maximum atomic E-state index is 12.2. The molecule has 30 heavy (non-hydrogen) atoms. The molecule has 0 atom stereocenters. The fourth-order valence-electron chi connectivity index (χ4n) is 2.49. The highest BCUT2D eigenvalue weighted by Crippen LogP contribution is 2.21. The average molecular weight is 414 g/mol. The molecular weight excluding hydrogens is 392 g/mol. The molecule has 0 aliphatic rings. The van der Waals surface area contributed by atoms with E-state index in [1.165, 1.54) is 24.3 Å². The van der Waals surface area contributed by atoms with Crippen molar-refractivity contribution in [3.63, 3.8) is 0 Å². The number of benzene rings is 2. The van der Waals surface area contributed by atoms with Crippen molar-refractivity contribution in [2.45, 2.75) is 33.0 Å². The number of ether oxygens (including phenoxy) is 1. The van der Waals surface area contributed by atoms with Gasteiger partial charge < -0.3 is 21.1 Å². The van der Waals surface area contributed by atoms with Gasteiger partial charge in [0.15, 0.2) is 0 Å². The van der Waals surface area contributed by atoms with Crippen LogP contribution in [-0.4, -0.2) is 28.9 Å². The Morgan fingerprint density at radius 1 is 1.10 bits per heavy atom. The Labute approximate surface area is 172 Å². The Morgan fingerprint density at radius 2 is 1.73 bits per heavy atom. The number of amides is 3. The Hall–Kier alpha value is -3.95. The third kappa shape index (κ3) is 6.30. The van der Waals surface area contributed by atoms with E-state index in [0.29, 0.717) is 0 Å². The maximum absolute atomic E-state index is 12.2. The summed E-state index contributed by atoms with van der Waals surface area (Å²) in [5.74, 6) is -1.46. The minimum atomic E-state index is -0.794. The van der Waals surface area contributed by atoms with Gasteiger partial charge in [-0.1, -0.05) is 12.1 Å². The minimum Gasteiger partial charge on any atom is -0.457 e. The summed E-state index contributed by atoms with van der Waals surface area (Å²) in [5, 5.41) is 16.6. The first-order valence-corrected chi connectivity index (χ1v) is 9.05. The third-order valence-electron chi connectivity index (χ3n) is 3.99. The predicted molar refractivity (Wildman–Crippen MR) is 108 cm³/mol. The Kier molecular flexibility index (Phi) is 7.45. The van der Waals surface area contributed by atoms with Crippen molar-refractivity contribution in [3.05, 3.63) is 74.8 Å². The zero-order chi connectivity index (χ0) is 22.3. The zero-order valence-electron chi connectivity index (χ0n) is 16.5. The van der Waals surface area contributed by atoms with Gasteiger partial charge in [0, 0.05) is 24.2 Å². The topological polar surface area (TPSA) is 154 Å². The second kappa shape index (κ2) is 10.0. The van der Waals surface area contributed by atoms with Gasteiger partial charge in [0.2, 0.25) is 5.91 Å². The number of nitro benzene ring substituents is 1. The van der Waals surface area contributed by atoms with Crippen LogP contribution in [0.3, 0.4) is 0 Å². The molecule has 4 N–H and O–H groups in total. The van der Waals surface area contributed by atoms with Gasteiger partial charge in [-0.2, -0.15) is 0 Å². The highest BCUT2D eigenvalue weighted by atomic mass is 16.6. The van der Waals surface area contributed by atoms with Crippen LogP contribution in [-0.2, 0) is 17.9 Å². The number of primary amides is 1. The molecule has 0 aliphatic heterocycles. The molecule has 0 radical (unpaired) electrons. The molecule has 3 amide bonds. The maximum Gasteiger partial charge on any atom is 0.338 e. The van der Waals surface area contributed by atoms with Crippen LogP contribution in [0.1, 0.15) is 45.7 Å². The van der Waals surface area contributed by atoms with Crippen molar-refractivity contribution in [2.75, 3.05) is 0 Å². The van der Waals surface area contributed by atoms with Crippen LogP contribution in [0.25, 0.3) is 0 Å². The molecule has 0 saturated heterocycles. The molecule has 10 heteroatoms. The molecule has 0 aromatic heterocycles. The van der Waals surface area contributed by atoms with Crippen molar-refractivity contribution < 1.29 is 24.0 Å². The van der Waals surface area contributed by atoms with Gasteiger partial charge >= 0.3 is 12.0 Å². The van der Waals surface area contributed by atoms with E-state index in [-0.39, 0.29) is 47.6 Å². The van der Waals surface area contributed by atoms with Crippen molar-refractivity contribution in [1.29, 1.82) is 0 Å². The van der Waals surface area contributed by atoms with E-state index in [4.69, 9.17) is 10.5 Å². The lowest BCUT2D eigenvalue weighted by Crippen LogP contribution is -2.39. The quantitative estimate of drug-likeness (QED) is 0.342. The molecular formula is C20H22N4O6. The van der Waals surface area contributed by atoms with Crippen LogP contribution in [0, 0.1) is 10.1 Å². The molecule has 0 spiro atoms. The highest BCUT2D eigenvalue weighted by Gasteiger charge is 2.18. The number of rotatable bonds is 8. The minimum absolute atomic E-state index is 0.0111. The number of hydrogen-bond acceptors (Lipinski definition) is 6. The van der Waals surface area contributed by atoms with E-state index in [2.05, 4.69) is 10.6 Å². The van der Waals surface area contributed by atoms with E-state index in [0.717, 1.165) is 11.6 Å². The fourth-order valence-corrected chi connectivity index (χ4v) is 2.49. The fraction of sp³-hybridized carbons (Fsp3) is 0.250. The molecule has 0 unspecified atom stereocenters. The summed E-state index contributed by atoms with van der Waals surface area (Å²) in [5.41, 5.74) is 5.92. The average Bonchev–Trinajstić information content (AvgIpc) is 2.70. The number of carbonyl (C=O) groups is 3. The monoisotopic (exact) mass is 414 g/mol. The molecule has 158 valence electrons. The van der Waals surface area contributed by atoms with E-state index in [9.17, 15) is 24.5 Å². The Morgan fingerprint density at radius 3 is 2.30 bits per heavy atom. The number of esters is 1. The largest absolute Gasteiger partial charge is 0.457 e. The smallest absolute Gasteiger partial charge is 0.338 e. The number of hydrogen-bond donors (Lipinski definition) is 3. The van der Waals surface area contributed by atoms with Gasteiger partial charge in [-0.15, -0.1) is 0 Å². The number of carbonyl (C=O) groups excluding carboxylic acids is 3. The molecule has 0 heterocycles. The van der Waals surface area contributed by atoms with Crippen LogP contribution in [0.15, 0.2) is 42.5 Å². The summed E-state index contributed by atoms with van der Waals surface area (Å²) in [7, 11) is 0. The number of nitrogens with two attached hydrogens (primary N) is 1. The lowest BCUT2D eigenvalue weighted by atomic mass is 10.1. The van der Waals surface area contributed by atoms with Gasteiger partial charge in [-0.05, 0) is 43.7 Å². The van der Waals surface area contributed by atoms with Crippen molar-refractivity contribution in [2.24, 2.45) is 5.73 Å². The SMILES string of the molecule is CC(C)NC(=O)NCc1ccc(C(=O)OCc2ccc(C(N)=O)cc2[N+](=O)[O-])cc1. The molecule has 2 aromatic carbocycles. The van der Waals surface area contributed by atoms with Crippen molar-refractivity contribution in [3.8, 4) is 0 Å². The van der Waals surface area contributed by atoms with E-state index >= 15 is 0 Å². The van der Waals surface area contributed by atoms with Crippen LogP contribution >= 0.6 is 0 Å².